The van der Waals surface area contributed by atoms with E-state index in [0.29, 0.717) is 25.0 Å². The molecule has 0 aliphatic rings. The molecule has 0 aliphatic heterocycles. The summed E-state index contributed by atoms with van der Waals surface area (Å²) >= 11 is 0. The Labute approximate surface area is 81.2 Å². The van der Waals surface area contributed by atoms with Crippen LogP contribution in [0.4, 0.5) is 0 Å². The maximum atomic E-state index is 10.7. The van der Waals surface area contributed by atoms with E-state index in [-0.39, 0.29) is 0 Å². The van der Waals surface area contributed by atoms with Crippen LogP contribution in [0, 0.1) is 5.92 Å². The topological polar surface area (TPSA) is 58.2 Å². The Morgan fingerprint density at radius 1 is 1.15 bits per heavy atom. The van der Waals surface area contributed by atoms with E-state index in [1.54, 1.807) is 0 Å². The van der Waals surface area contributed by atoms with Gasteiger partial charge in [0.2, 0.25) is 10.0 Å². The molecule has 80 valence electrons. The molecule has 0 heterocycles. The van der Waals surface area contributed by atoms with Gasteiger partial charge in [-0.15, -0.1) is 0 Å². The highest BCUT2D eigenvalue weighted by Gasteiger charge is 2.05. The molecule has 0 amide bonds. The Kier molecular flexibility index (Phi) is 5.51. The molecule has 0 saturated carbocycles. The fourth-order valence-corrected chi connectivity index (χ4v) is 1.24. The molecule has 0 bridgehead atoms. The Balaban J connectivity index is 3.47. The molecule has 4 nitrogen and oxygen atoms in total. The zero-order chi connectivity index (χ0) is 10.5. The summed E-state index contributed by atoms with van der Waals surface area (Å²) in [5.41, 5.74) is 0. The van der Waals surface area contributed by atoms with E-state index < -0.39 is 10.0 Å². The van der Waals surface area contributed by atoms with E-state index in [0.717, 1.165) is 0 Å². The van der Waals surface area contributed by atoms with Gasteiger partial charge in [-0.1, -0.05) is 13.8 Å². The number of sulfonamides is 1. The molecule has 0 aromatic rings. The second kappa shape index (κ2) is 5.57. The lowest BCUT2D eigenvalue weighted by atomic mass is 10.1. The number of hydrogen-bond acceptors (Lipinski definition) is 3. The molecule has 0 fully saturated rings. The van der Waals surface area contributed by atoms with Crippen LogP contribution in [0.2, 0.25) is 0 Å². The van der Waals surface area contributed by atoms with Crippen LogP contribution < -0.4 is 10.0 Å². The number of rotatable bonds is 6. The molecular formula is C8H20N2O2S. The largest absolute Gasteiger partial charge is 0.313 e. The predicted octanol–water partition coefficient (Wildman–Crippen LogP) is 0.170. The highest BCUT2D eigenvalue weighted by atomic mass is 32.2. The maximum absolute atomic E-state index is 10.7. The van der Waals surface area contributed by atoms with Crippen LogP contribution in [0.3, 0.4) is 0 Å². The third kappa shape index (κ3) is 8.21. The minimum Gasteiger partial charge on any atom is -0.313 e. The van der Waals surface area contributed by atoms with Gasteiger partial charge in [-0.25, -0.2) is 13.1 Å². The molecule has 0 saturated heterocycles. The summed E-state index contributed by atoms with van der Waals surface area (Å²) in [5, 5.41) is 3.23. The summed E-state index contributed by atoms with van der Waals surface area (Å²) in [6.07, 6.45) is 1.17. The van der Waals surface area contributed by atoms with Gasteiger partial charge in [-0.3, -0.25) is 0 Å². The zero-order valence-electron chi connectivity index (χ0n) is 8.79. The molecule has 5 heteroatoms. The fourth-order valence-electron chi connectivity index (χ4n) is 0.772. The van der Waals surface area contributed by atoms with Crippen molar-refractivity contribution in [2.75, 3.05) is 19.3 Å². The summed E-state index contributed by atoms with van der Waals surface area (Å²) < 4.78 is 23.8. The summed E-state index contributed by atoms with van der Waals surface area (Å²) in [6, 6.07) is 0.418. The average molecular weight is 208 g/mol. The van der Waals surface area contributed by atoms with Crippen molar-refractivity contribution in [3.05, 3.63) is 0 Å². The van der Waals surface area contributed by atoms with Crippen LogP contribution >= 0.6 is 0 Å². The number of hydrogen-bond donors (Lipinski definition) is 2. The van der Waals surface area contributed by atoms with Crippen molar-refractivity contribution in [1.29, 1.82) is 0 Å². The van der Waals surface area contributed by atoms with Crippen LogP contribution in [-0.4, -0.2) is 33.8 Å². The standard InChI is InChI=1S/C8H20N2O2S/c1-7(2)8(3)9-5-6-10-13(4,11)12/h7-10H,5-6H2,1-4H3. The molecule has 1 atom stereocenters. The monoisotopic (exact) mass is 208 g/mol. The van der Waals surface area contributed by atoms with Crippen molar-refractivity contribution >= 4 is 10.0 Å². The predicted molar refractivity (Wildman–Crippen MR) is 55.1 cm³/mol. The normalized spacial score (nSPS) is 14.8. The van der Waals surface area contributed by atoms with Gasteiger partial charge in [0.15, 0.2) is 0 Å². The Bertz CT molecular complexity index is 224. The lowest BCUT2D eigenvalue weighted by Crippen LogP contribution is -2.37. The van der Waals surface area contributed by atoms with E-state index in [1.807, 2.05) is 0 Å². The summed E-state index contributed by atoms with van der Waals surface area (Å²) in [6.45, 7) is 7.47. The van der Waals surface area contributed by atoms with E-state index in [2.05, 4.69) is 30.8 Å². The third-order valence-electron chi connectivity index (χ3n) is 1.96. The van der Waals surface area contributed by atoms with Crippen LogP contribution in [0.25, 0.3) is 0 Å². The molecular weight excluding hydrogens is 188 g/mol. The average Bonchev–Trinajstić information content (AvgIpc) is 1.95. The van der Waals surface area contributed by atoms with Gasteiger partial charge >= 0.3 is 0 Å². The smallest absolute Gasteiger partial charge is 0.208 e. The highest BCUT2D eigenvalue weighted by molar-refractivity contribution is 7.88. The zero-order valence-corrected chi connectivity index (χ0v) is 9.61. The van der Waals surface area contributed by atoms with Crippen LogP contribution in [0.1, 0.15) is 20.8 Å². The minimum absolute atomic E-state index is 0.418. The van der Waals surface area contributed by atoms with Gasteiger partial charge < -0.3 is 5.32 Å². The van der Waals surface area contributed by atoms with Gasteiger partial charge in [-0.05, 0) is 12.8 Å². The van der Waals surface area contributed by atoms with Crippen LogP contribution in [-0.2, 0) is 10.0 Å². The quantitative estimate of drug-likeness (QED) is 0.612. The second-order valence-electron chi connectivity index (χ2n) is 3.65. The van der Waals surface area contributed by atoms with Crippen molar-refractivity contribution < 1.29 is 8.42 Å². The molecule has 0 spiro atoms. The van der Waals surface area contributed by atoms with Crippen molar-refractivity contribution in [2.24, 2.45) is 5.92 Å². The summed E-state index contributed by atoms with van der Waals surface area (Å²) in [7, 11) is -3.03. The van der Waals surface area contributed by atoms with Crippen molar-refractivity contribution in [2.45, 2.75) is 26.8 Å². The molecule has 2 N–H and O–H groups in total. The van der Waals surface area contributed by atoms with Gasteiger partial charge in [0.05, 0.1) is 6.26 Å². The van der Waals surface area contributed by atoms with E-state index >= 15 is 0 Å². The van der Waals surface area contributed by atoms with E-state index in [4.69, 9.17) is 0 Å². The van der Waals surface area contributed by atoms with E-state index in [9.17, 15) is 8.42 Å². The highest BCUT2D eigenvalue weighted by Crippen LogP contribution is 1.98. The van der Waals surface area contributed by atoms with Crippen LogP contribution in [0.5, 0.6) is 0 Å². The minimum atomic E-state index is -3.03. The lowest BCUT2D eigenvalue weighted by Gasteiger charge is -2.17. The molecule has 13 heavy (non-hydrogen) atoms. The fraction of sp³-hybridized carbons (Fsp3) is 1.00. The third-order valence-corrected chi connectivity index (χ3v) is 2.68. The summed E-state index contributed by atoms with van der Waals surface area (Å²) in [5.74, 6) is 0.568. The molecule has 0 radical (unpaired) electrons. The van der Waals surface area contributed by atoms with Crippen molar-refractivity contribution in [3.63, 3.8) is 0 Å². The van der Waals surface area contributed by atoms with Crippen molar-refractivity contribution in [1.82, 2.24) is 10.0 Å². The molecule has 0 aliphatic carbocycles. The first-order valence-electron chi connectivity index (χ1n) is 4.51. The van der Waals surface area contributed by atoms with Gasteiger partial charge in [0.25, 0.3) is 0 Å². The van der Waals surface area contributed by atoms with E-state index in [1.165, 1.54) is 6.26 Å². The molecule has 0 aromatic heterocycles. The first kappa shape index (κ1) is 12.9. The molecule has 0 rings (SSSR count). The van der Waals surface area contributed by atoms with Gasteiger partial charge in [-0.2, -0.15) is 0 Å². The Morgan fingerprint density at radius 3 is 2.08 bits per heavy atom. The first-order chi connectivity index (χ1) is 5.83. The SMILES string of the molecule is CC(C)C(C)NCCNS(C)(=O)=O. The van der Waals surface area contributed by atoms with Crippen LogP contribution in [0.15, 0.2) is 0 Å². The first-order valence-corrected chi connectivity index (χ1v) is 6.40. The van der Waals surface area contributed by atoms with Crippen molar-refractivity contribution in [3.8, 4) is 0 Å². The van der Waals surface area contributed by atoms with Gasteiger partial charge in [0, 0.05) is 19.1 Å². The Morgan fingerprint density at radius 2 is 1.69 bits per heavy atom. The number of nitrogens with one attached hydrogen (secondary N) is 2. The Hall–Kier alpha value is -0.130. The lowest BCUT2D eigenvalue weighted by molar-refractivity contribution is 0.429. The molecule has 1 unspecified atom stereocenters. The summed E-state index contributed by atoms with van der Waals surface area (Å²) in [4.78, 5) is 0. The second-order valence-corrected chi connectivity index (χ2v) is 5.49. The van der Waals surface area contributed by atoms with Gasteiger partial charge in [0.1, 0.15) is 0 Å². The molecule has 0 aromatic carbocycles. The maximum Gasteiger partial charge on any atom is 0.208 e.